The molecule has 2 aromatic rings. The van der Waals surface area contributed by atoms with Crippen LogP contribution in [0.4, 0.5) is 5.13 Å². The number of rotatable bonds is 6. The van der Waals surface area contributed by atoms with Gasteiger partial charge in [0.25, 0.3) is 0 Å². The molecule has 0 unspecified atom stereocenters. The highest BCUT2D eigenvalue weighted by atomic mass is 32.1. The SMILES string of the molecule is CCCc1nc(N(C)Cc2ccsc2)sc1CN. The fourth-order valence-electron chi connectivity index (χ4n) is 1.85. The third kappa shape index (κ3) is 3.10. The number of aromatic nitrogens is 1. The molecule has 0 aliphatic rings. The average molecular weight is 281 g/mol. The number of nitrogens with zero attached hydrogens (tertiary/aromatic N) is 2. The maximum atomic E-state index is 5.78. The second kappa shape index (κ2) is 6.31. The molecule has 0 aliphatic heterocycles. The molecular weight excluding hydrogens is 262 g/mol. The Kier molecular flexibility index (Phi) is 4.74. The minimum absolute atomic E-state index is 0.597. The Morgan fingerprint density at radius 3 is 2.89 bits per heavy atom. The zero-order valence-electron chi connectivity index (χ0n) is 10.8. The van der Waals surface area contributed by atoms with Crippen LogP contribution in [-0.4, -0.2) is 12.0 Å². The van der Waals surface area contributed by atoms with E-state index in [1.165, 1.54) is 16.1 Å². The molecule has 0 radical (unpaired) electrons. The molecule has 0 spiro atoms. The van der Waals surface area contributed by atoms with Crippen molar-refractivity contribution >= 4 is 27.8 Å². The second-order valence-corrected chi connectivity index (χ2v) is 6.15. The topological polar surface area (TPSA) is 42.2 Å². The van der Waals surface area contributed by atoms with Gasteiger partial charge in [-0.05, 0) is 28.8 Å². The number of aryl methyl sites for hydroxylation is 1. The van der Waals surface area contributed by atoms with Gasteiger partial charge in [-0.15, -0.1) is 11.3 Å². The molecule has 0 aromatic carbocycles. The highest BCUT2D eigenvalue weighted by molar-refractivity contribution is 7.15. The van der Waals surface area contributed by atoms with Gasteiger partial charge in [0, 0.05) is 25.0 Å². The summed E-state index contributed by atoms with van der Waals surface area (Å²) >= 11 is 3.46. The molecule has 0 aliphatic carbocycles. The predicted molar refractivity (Wildman–Crippen MR) is 80.4 cm³/mol. The lowest BCUT2D eigenvalue weighted by Crippen LogP contribution is -2.15. The summed E-state index contributed by atoms with van der Waals surface area (Å²) in [5.74, 6) is 0. The van der Waals surface area contributed by atoms with E-state index in [-0.39, 0.29) is 0 Å². The average Bonchev–Trinajstić information content (AvgIpc) is 2.98. The summed E-state index contributed by atoms with van der Waals surface area (Å²) in [6.07, 6.45) is 2.14. The molecule has 98 valence electrons. The lowest BCUT2D eigenvalue weighted by atomic mass is 10.2. The summed E-state index contributed by atoms with van der Waals surface area (Å²) in [4.78, 5) is 8.14. The fraction of sp³-hybridized carbons (Fsp3) is 0.462. The molecule has 0 atom stereocenters. The van der Waals surface area contributed by atoms with Gasteiger partial charge >= 0.3 is 0 Å². The van der Waals surface area contributed by atoms with Crippen LogP contribution in [0.1, 0.15) is 29.5 Å². The highest BCUT2D eigenvalue weighted by Gasteiger charge is 2.12. The monoisotopic (exact) mass is 281 g/mol. The van der Waals surface area contributed by atoms with Gasteiger partial charge in [-0.25, -0.2) is 4.98 Å². The van der Waals surface area contributed by atoms with Gasteiger partial charge in [0.05, 0.1) is 5.69 Å². The van der Waals surface area contributed by atoms with Crippen molar-refractivity contribution in [1.82, 2.24) is 4.98 Å². The van der Waals surface area contributed by atoms with Crippen LogP contribution in [0.25, 0.3) is 0 Å². The number of anilines is 1. The van der Waals surface area contributed by atoms with Crippen molar-refractivity contribution in [2.45, 2.75) is 32.9 Å². The minimum Gasteiger partial charge on any atom is -0.347 e. The van der Waals surface area contributed by atoms with E-state index in [9.17, 15) is 0 Å². The first-order valence-electron chi connectivity index (χ1n) is 6.15. The Hall–Kier alpha value is -0.910. The van der Waals surface area contributed by atoms with Crippen LogP contribution in [0.2, 0.25) is 0 Å². The number of thiazole rings is 1. The van der Waals surface area contributed by atoms with E-state index in [1.54, 1.807) is 22.7 Å². The normalized spacial score (nSPS) is 10.8. The maximum absolute atomic E-state index is 5.78. The van der Waals surface area contributed by atoms with Gasteiger partial charge in [0.15, 0.2) is 5.13 Å². The first kappa shape index (κ1) is 13.5. The summed E-state index contributed by atoms with van der Waals surface area (Å²) in [5, 5.41) is 5.37. The molecule has 5 heteroatoms. The van der Waals surface area contributed by atoms with Crippen molar-refractivity contribution in [2.75, 3.05) is 11.9 Å². The van der Waals surface area contributed by atoms with Gasteiger partial charge in [-0.1, -0.05) is 13.3 Å². The summed E-state index contributed by atoms with van der Waals surface area (Å²) in [6.45, 7) is 3.68. The van der Waals surface area contributed by atoms with E-state index in [0.717, 1.165) is 24.5 Å². The maximum Gasteiger partial charge on any atom is 0.185 e. The van der Waals surface area contributed by atoms with Gasteiger partial charge in [0.1, 0.15) is 0 Å². The molecular formula is C13H19N3S2. The summed E-state index contributed by atoms with van der Waals surface area (Å²) in [7, 11) is 2.09. The minimum atomic E-state index is 0.597. The Balaban J connectivity index is 2.12. The van der Waals surface area contributed by atoms with Crippen molar-refractivity contribution in [1.29, 1.82) is 0 Å². The number of hydrogen-bond acceptors (Lipinski definition) is 5. The third-order valence-electron chi connectivity index (χ3n) is 2.77. The van der Waals surface area contributed by atoms with Crippen molar-refractivity contribution in [2.24, 2.45) is 5.73 Å². The summed E-state index contributed by atoms with van der Waals surface area (Å²) in [5.41, 5.74) is 8.30. The van der Waals surface area contributed by atoms with Crippen LogP contribution in [-0.2, 0) is 19.5 Å². The number of hydrogen-bond donors (Lipinski definition) is 1. The third-order valence-corrected chi connectivity index (χ3v) is 4.73. The zero-order chi connectivity index (χ0) is 13.0. The lowest BCUT2D eigenvalue weighted by molar-refractivity contribution is 0.855. The van der Waals surface area contributed by atoms with Crippen LogP contribution < -0.4 is 10.6 Å². The Labute approximate surface area is 116 Å². The molecule has 2 N–H and O–H groups in total. The first-order chi connectivity index (χ1) is 8.74. The highest BCUT2D eigenvalue weighted by Crippen LogP contribution is 2.27. The van der Waals surface area contributed by atoms with Gasteiger partial charge in [0.2, 0.25) is 0 Å². The van der Waals surface area contributed by atoms with Gasteiger partial charge in [-0.2, -0.15) is 11.3 Å². The molecule has 2 aromatic heterocycles. The van der Waals surface area contributed by atoms with Crippen LogP contribution in [0.15, 0.2) is 16.8 Å². The molecule has 3 nitrogen and oxygen atoms in total. The zero-order valence-corrected chi connectivity index (χ0v) is 12.5. The molecule has 2 heterocycles. The van der Waals surface area contributed by atoms with Crippen molar-refractivity contribution in [3.8, 4) is 0 Å². The number of nitrogens with two attached hydrogens (primary N) is 1. The predicted octanol–water partition coefficient (Wildman–Crippen LogP) is 3.25. The lowest BCUT2D eigenvalue weighted by Gasteiger charge is -2.14. The van der Waals surface area contributed by atoms with Gasteiger partial charge in [-0.3, -0.25) is 0 Å². The second-order valence-electron chi connectivity index (χ2n) is 4.31. The Morgan fingerprint density at radius 1 is 1.44 bits per heavy atom. The van der Waals surface area contributed by atoms with Gasteiger partial charge < -0.3 is 10.6 Å². The Morgan fingerprint density at radius 2 is 2.28 bits per heavy atom. The quantitative estimate of drug-likeness (QED) is 0.883. The van der Waals surface area contributed by atoms with E-state index >= 15 is 0 Å². The largest absolute Gasteiger partial charge is 0.347 e. The summed E-state index contributed by atoms with van der Waals surface area (Å²) < 4.78 is 0. The van der Waals surface area contributed by atoms with Crippen LogP contribution in [0.3, 0.4) is 0 Å². The van der Waals surface area contributed by atoms with Crippen molar-refractivity contribution in [3.05, 3.63) is 33.0 Å². The molecule has 0 saturated carbocycles. The van der Waals surface area contributed by atoms with E-state index in [4.69, 9.17) is 10.7 Å². The van der Waals surface area contributed by atoms with Crippen molar-refractivity contribution in [3.63, 3.8) is 0 Å². The van der Waals surface area contributed by atoms with Crippen molar-refractivity contribution < 1.29 is 0 Å². The summed E-state index contributed by atoms with van der Waals surface area (Å²) in [6, 6.07) is 2.16. The standard InChI is InChI=1S/C13H19N3S2/c1-3-4-11-12(7-14)18-13(15-11)16(2)8-10-5-6-17-9-10/h5-6,9H,3-4,7-8,14H2,1-2H3. The van der Waals surface area contributed by atoms with E-state index in [1.807, 2.05) is 0 Å². The van der Waals surface area contributed by atoms with E-state index in [0.29, 0.717) is 6.54 Å². The van der Waals surface area contributed by atoms with E-state index < -0.39 is 0 Å². The smallest absolute Gasteiger partial charge is 0.185 e. The number of thiophene rings is 1. The Bertz CT molecular complexity index is 476. The molecule has 0 saturated heterocycles. The van der Waals surface area contributed by atoms with Crippen LogP contribution in [0, 0.1) is 0 Å². The molecule has 0 amide bonds. The van der Waals surface area contributed by atoms with Crippen LogP contribution in [0.5, 0.6) is 0 Å². The molecule has 0 bridgehead atoms. The van der Waals surface area contributed by atoms with Crippen LogP contribution >= 0.6 is 22.7 Å². The molecule has 18 heavy (non-hydrogen) atoms. The van der Waals surface area contributed by atoms with E-state index in [2.05, 4.69) is 35.7 Å². The molecule has 2 rings (SSSR count). The fourth-order valence-corrected chi connectivity index (χ4v) is 3.45. The first-order valence-corrected chi connectivity index (χ1v) is 7.91. The molecule has 0 fully saturated rings.